The largest absolute Gasteiger partial charge is 0.345 e. The summed E-state index contributed by atoms with van der Waals surface area (Å²) in [6, 6.07) is -0.678. The molecule has 0 fully saturated rings. The Labute approximate surface area is 53.4 Å². The van der Waals surface area contributed by atoms with Crippen LogP contribution in [0.3, 0.4) is 0 Å². The summed E-state index contributed by atoms with van der Waals surface area (Å²) in [5.41, 5.74) is 6.52. The Morgan fingerprint density at radius 1 is 1.56 bits per heavy atom. The van der Waals surface area contributed by atoms with Crippen LogP contribution in [0.15, 0.2) is 0 Å². The molecular weight excluding hydrogens is 120 g/mol. The molecule has 0 saturated heterocycles. The molecule has 0 bridgehead atoms. The predicted octanol–water partition coefficient (Wildman–Crippen LogP) is -0.680. The second-order valence-corrected chi connectivity index (χ2v) is 1.79. The van der Waals surface area contributed by atoms with Crippen molar-refractivity contribution in [2.75, 3.05) is 0 Å². The number of carbonyl (C=O) groups excluding carboxylic acids is 2. The lowest BCUT2D eigenvalue weighted by molar-refractivity contribution is -0.126. The highest BCUT2D eigenvalue weighted by molar-refractivity contribution is 5.84. The summed E-state index contributed by atoms with van der Waals surface area (Å²) in [4.78, 5) is 20.3. The fraction of sp³-hybridized carbons (Fsp3) is 0.600. The zero-order chi connectivity index (χ0) is 7.44. The Bertz CT molecular complexity index is 133. The summed E-state index contributed by atoms with van der Waals surface area (Å²) in [5.74, 6) is -1.06. The highest BCUT2D eigenvalue weighted by Gasteiger charge is 2.08. The van der Waals surface area contributed by atoms with Crippen LogP contribution in [0.1, 0.15) is 13.8 Å². The average Bonchev–Trinajstić information content (AvgIpc) is 1.63. The maximum atomic E-state index is 10.2. The van der Waals surface area contributed by atoms with Gasteiger partial charge in [0.1, 0.15) is 6.04 Å². The summed E-state index contributed by atoms with van der Waals surface area (Å²) in [6.45, 7) is 2.77. The third kappa shape index (κ3) is 3.52. The van der Waals surface area contributed by atoms with Crippen LogP contribution in [0.2, 0.25) is 0 Å². The Kier molecular flexibility index (Phi) is 2.70. The van der Waals surface area contributed by atoms with E-state index >= 15 is 0 Å². The van der Waals surface area contributed by atoms with Crippen LogP contribution >= 0.6 is 0 Å². The third-order valence-electron chi connectivity index (χ3n) is 0.813. The van der Waals surface area contributed by atoms with E-state index in [1.54, 1.807) is 0 Å². The van der Waals surface area contributed by atoms with Gasteiger partial charge in [-0.2, -0.15) is 0 Å². The number of rotatable bonds is 2. The number of carbonyl (C=O) groups is 2. The van der Waals surface area contributed by atoms with Gasteiger partial charge in [-0.3, -0.25) is 15.3 Å². The quantitative estimate of drug-likeness (QED) is 0.536. The summed E-state index contributed by atoms with van der Waals surface area (Å²) in [6.07, 6.45) is 0. The van der Waals surface area contributed by atoms with Crippen LogP contribution in [-0.4, -0.2) is 17.9 Å². The van der Waals surface area contributed by atoms with Crippen molar-refractivity contribution in [3.05, 3.63) is 0 Å². The van der Waals surface area contributed by atoms with E-state index < -0.39 is 11.9 Å². The first-order chi connectivity index (χ1) is 4.04. The Morgan fingerprint density at radius 2 is 2.00 bits per heavy atom. The van der Waals surface area contributed by atoms with E-state index in [2.05, 4.69) is 5.32 Å². The van der Waals surface area contributed by atoms with Gasteiger partial charge in [0.15, 0.2) is 0 Å². The van der Waals surface area contributed by atoms with E-state index in [0.717, 1.165) is 0 Å². The van der Waals surface area contributed by atoms with E-state index in [4.69, 9.17) is 5.73 Å². The van der Waals surface area contributed by atoms with Gasteiger partial charge in [0.25, 0.3) is 5.91 Å². The number of hydrogen-bond donors (Lipinski definition) is 1. The molecule has 0 rings (SSSR count). The molecule has 2 amide bonds. The standard InChI is InChI=1S/C5H9N2O2/c1-3(5(6)9)7-4(2)8/h3,6H,1-2H3,(H,7,8). The van der Waals surface area contributed by atoms with Gasteiger partial charge in [0.05, 0.1) is 0 Å². The van der Waals surface area contributed by atoms with Crippen LogP contribution in [0.5, 0.6) is 0 Å². The van der Waals surface area contributed by atoms with E-state index in [1.165, 1.54) is 13.8 Å². The minimum Gasteiger partial charge on any atom is -0.345 e. The normalized spacial score (nSPS) is 12.2. The first kappa shape index (κ1) is 7.94. The Hall–Kier alpha value is -1.06. The molecule has 4 nitrogen and oxygen atoms in total. The molecule has 0 aliphatic carbocycles. The molecule has 0 saturated carbocycles. The molecule has 9 heavy (non-hydrogen) atoms. The minimum atomic E-state index is -0.773. The second-order valence-electron chi connectivity index (χ2n) is 1.79. The van der Waals surface area contributed by atoms with Gasteiger partial charge in [-0.05, 0) is 6.92 Å². The molecule has 51 valence electrons. The van der Waals surface area contributed by atoms with Crippen LogP contribution in [0, 0.1) is 0 Å². The van der Waals surface area contributed by atoms with Gasteiger partial charge in [-0.25, -0.2) is 0 Å². The molecule has 0 aromatic carbocycles. The van der Waals surface area contributed by atoms with Crippen LogP contribution in [-0.2, 0) is 9.59 Å². The van der Waals surface area contributed by atoms with Crippen molar-refractivity contribution in [2.45, 2.75) is 19.9 Å². The number of nitrogens with one attached hydrogen (secondary N) is 2. The molecular formula is C5H9N2O2. The third-order valence-corrected chi connectivity index (χ3v) is 0.813. The summed E-state index contributed by atoms with van der Waals surface area (Å²) in [7, 11) is 0. The van der Waals surface area contributed by atoms with Gasteiger partial charge in [-0.15, -0.1) is 0 Å². The highest BCUT2D eigenvalue weighted by Crippen LogP contribution is 1.77. The lowest BCUT2D eigenvalue weighted by atomic mass is 10.3. The van der Waals surface area contributed by atoms with Gasteiger partial charge in [0.2, 0.25) is 5.91 Å². The predicted molar refractivity (Wildman–Crippen MR) is 31.4 cm³/mol. The fourth-order valence-corrected chi connectivity index (χ4v) is 0.370. The molecule has 0 spiro atoms. The maximum Gasteiger partial charge on any atom is 0.260 e. The molecule has 0 aromatic heterocycles. The van der Waals surface area contributed by atoms with E-state index in [0.29, 0.717) is 0 Å². The van der Waals surface area contributed by atoms with Crippen molar-refractivity contribution in [3.63, 3.8) is 0 Å². The van der Waals surface area contributed by atoms with E-state index in [-0.39, 0.29) is 5.91 Å². The lowest BCUT2D eigenvalue weighted by Gasteiger charge is -2.04. The van der Waals surface area contributed by atoms with Crippen molar-refractivity contribution >= 4 is 11.8 Å². The summed E-state index contributed by atoms with van der Waals surface area (Å²) in [5, 5.41) is 2.27. The number of amides is 2. The van der Waals surface area contributed by atoms with E-state index in [9.17, 15) is 9.59 Å². The van der Waals surface area contributed by atoms with Crippen molar-refractivity contribution in [3.8, 4) is 0 Å². The molecule has 0 aliphatic rings. The van der Waals surface area contributed by atoms with Crippen LogP contribution < -0.4 is 11.1 Å². The molecule has 4 heteroatoms. The van der Waals surface area contributed by atoms with Gasteiger partial charge in [-0.1, -0.05) is 0 Å². The first-order valence-corrected chi connectivity index (χ1v) is 2.56. The SMILES string of the molecule is CC(=O)NC(C)C([NH])=O. The first-order valence-electron chi connectivity index (χ1n) is 2.56. The minimum absolute atomic E-state index is 0.289. The molecule has 1 atom stereocenters. The summed E-state index contributed by atoms with van der Waals surface area (Å²) >= 11 is 0. The van der Waals surface area contributed by atoms with Gasteiger partial charge < -0.3 is 5.32 Å². The molecule has 0 aliphatic heterocycles. The van der Waals surface area contributed by atoms with Gasteiger partial charge >= 0.3 is 0 Å². The highest BCUT2D eigenvalue weighted by atomic mass is 16.2. The van der Waals surface area contributed by atoms with Crippen LogP contribution in [0.4, 0.5) is 0 Å². The fourth-order valence-electron chi connectivity index (χ4n) is 0.370. The monoisotopic (exact) mass is 129 g/mol. The Morgan fingerprint density at radius 3 is 2.11 bits per heavy atom. The molecule has 1 radical (unpaired) electrons. The van der Waals surface area contributed by atoms with Gasteiger partial charge in [0, 0.05) is 6.92 Å². The average molecular weight is 129 g/mol. The summed E-state index contributed by atoms with van der Waals surface area (Å²) < 4.78 is 0. The van der Waals surface area contributed by atoms with Crippen molar-refractivity contribution < 1.29 is 9.59 Å². The second kappa shape index (κ2) is 3.06. The molecule has 1 unspecified atom stereocenters. The van der Waals surface area contributed by atoms with Crippen molar-refractivity contribution in [2.24, 2.45) is 0 Å². The van der Waals surface area contributed by atoms with Crippen molar-refractivity contribution in [1.82, 2.24) is 11.1 Å². The van der Waals surface area contributed by atoms with E-state index in [1.807, 2.05) is 0 Å². The van der Waals surface area contributed by atoms with Crippen LogP contribution in [0.25, 0.3) is 0 Å². The Balaban J connectivity index is 3.63. The maximum absolute atomic E-state index is 10.2. The molecule has 2 N–H and O–H groups in total. The topological polar surface area (TPSA) is 70.0 Å². The lowest BCUT2D eigenvalue weighted by Crippen LogP contribution is -2.37. The van der Waals surface area contributed by atoms with Crippen molar-refractivity contribution in [1.29, 1.82) is 0 Å². The zero-order valence-electron chi connectivity index (χ0n) is 5.39. The molecule has 0 aromatic rings. The zero-order valence-corrected chi connectivity index (χ0v) is 5.39. The smallest absolute Gasteiger partial charge is 0.260 e. The number of hydrogen-bond acceptors (Lipinski definition) is 2. The molecule has 0 heterocycles.